The number of hydrogen-bond donors (Lipinski definition) is 0. The molecule has 0 saturated carbocycles. The Balaban J connectivity index is 2.90. The molecule has 0 fully saturated rings. The molecule has 0 aromatic carbocycles. The zero-order valence-electron chi connectivity index (χ0n) is 6.14. The van der Waals surface area contributed by atoms with E-state index in [4.69, 9.17) is 4.42 Å². The predicted molar refractivity (Wildman–Crippen MR) is 41.7 cm³/mol. The molecule has 0 unspecified atom stereocenters. The summed E-state index contributed by atoms with van der Waals surface area (Å²) < 4.78 is 6.51. The van der Waals surface area contributed by atoms with Gasteiger partial charge in [-0.05, 0) is 0 Å². The van der Waals surface area contributed by atoms with Crippen LogP contribution in [0.5, 0.6) is 0 Å². The van der Waals surface area contributed by atoms with Crippen LogP contribution in [0.2, 0.25) is 17.3 Å². The molecule has 2 heteroatoms. The van der Waals surface area contributed by atoms with E-state index in [1.807, 2.05) is 6.07 Å². The van der Waals surface area contributed by atoms with Crippen LogP contribution in [-0.4, -0.2) is 13.3 Å². The van der Waals surface area contributed by atoms with Gasteiger partial charge >= 0.3 is 57.9 Å². The molecule has 1 rings (SSSR count). The summed E-state index contributed by atoms with van der Waals surface area (Å²) in [7, 11) is 0. The zero-order valence-corrected chi connectivity index (χ0v) is 8.24. The Labute approximate surface area is 58.4 Å². The fraction of sp³-hybridized carbons (Fsp3) is 0.429. The van der Waals surface area contributed by atoms with E-state index in [1.165, 1.54) is 4.59 Å². The number of furan rings is 1. The molecule has 0 atom stereocenters. The van der Waals surface area contributed by atoms with E-state index in [0.717, 1.165) is 0 Å². The van der Waals surface area contributed by atoms with Crippen molar-refractivity contribution in [2.24, 2.45) is 0 Å². The first-order valence-corrected chi connectivity index (χ1v) is 10.5. The topological polar surface area (TPSA) is 13.1 Å². The van der Waals surface area contributed by atoms with Crippen molar-refractivity contribution in [2.45, 2.75) is 17.3 Å². The Morgan fingerprint density at radius 1 is 1.33 bits per heavy atom. The molecule has 0 N–H and O–H groups in total. The van der Waals surface area contributed by atoms with Gasteiger partial charge in [-0.2, -0.15) is 0 Å². The second-order valence-corrected chi connectivity index (χ2v) is 13.7. The monoisotopic (exact) mass is 186 g/mol. The molecule has 0 aliphatic carbocycles. The fourth-order valence-electron chi connectivity index (χ4n) is 0.705. The molecule has 1 aromatic rings. The van der Waals surface area contributed by atoms with Gasteiger partial charge in [-0.15, -0.1) is 0 Å². The molecule has 1 heterocycles. The third-order valence-electron chi connectivity index (χ3n) is 1.26. The molecular weight excluding hydrogens is 173 g/mol. The number of rotatable bonds is 1. The van der Waals surface area contributed by atoms with Crippen molar-refractivity contribution in [1.82, 2.24) is 0 Å². The summed E-state index contributed by atoms with van der Waals surface area (Å²) in [5, 5.41) is 0. The predicted octanol–water partition coefficient (Wildman–Crippen LogP) is 1.82. The van der Waals surface area contributed by atoms with Gasteiger partial charge in [0.15, 0.2) is 0 Å². The maximum atomic E-state index is 5.28. The van der Waals surface area contributed by atoms with Gasteiger partial charge in [-0.25, -0.2) is 0 Å². The molecule has 1 nitrogen and oxygen atoms in total. The van der Waals surface area contributed by atoms with Crippen LogP contribution in [0, 0.1) is 0 Å². The van der Waals surface area contributed by atoms with Crippen molar-refractivity contribution in [1.29, 1.82) is 0 Å². The van der Waals surface area contributed by atoms with Gasteiger partial charge in [0.2, 0.25) is 0 Å². The summed E-state index contributed by atoms with van der Waals surface area (Å²) >= 11 is -1.60. The summed E-state index contributed by atoms with van der Waals surface area (Å²) in [6.07, 6.45) is 1.76. The Bertz CT molecular complexity index is 171. The molecule has 1 aromatic heterocycles. The number of hydrogen-bond acceptors (Lipinski definition) is 1. The first kappa shape index (κ1) is 6.94. The fourth-order valence-corrected chi connectivity index (χ4v) is 2.84. The van der Waals surface area contributed by atoms with E-state index in [2.05, 4.69) is 23.3 Å². The average molecular weight is 185 g/mol. The van der Waals surface area contributed by atoms with Crippen molar-refractivity contribution >= 4 is 17.9 Å². The van der Waals surface area contributed by atoms with Crippen LogP contribution in [0.4, 0.5) is 0 Å². The molecule has 0 aliphatic rings. The first-order chi connectivity index (χ1) is 4.11. The Kier molecular flexibility index (Phi) is 1.71. The van der Waals surface area contributed by atoms with Crippen molar-refractivity contribution in [3.8, 4) is 0 Å². The van der Waals surface area contributed by atoms with E-state index in [0.29, 0.717) is 0 Å². The van der Waals surface area contributed by atoms with Crippen LogP contribution in [0.25, 0.3) is 0 Å². The van der Waals surface area contributed by atoms with Gasteiger partial charge in [0, 0.05) is 0 Å². The van der Waals surface area contributed by atoms with E-state index in [9.17, 15) is 0 Å². The summed E-state index contributed by atoms with van der Waals surface area (Å²) in [6, 6.07) is 4.05. The van der Waals surface area contributed by atoms with Gasteiger partial charge in [0.05, 0.1) is 0 Å². The molecule has 0 amide bonds. The van der Waals surface area contributed by atoms with Crippen LogP contribution in [0.15, 0.2) is 22.8 Å². The normalized spacial score (nSPS) is 11.9. The Morgan fingerprint density at radius 3 is 2.22 bits per heavy atom. The minimum atomic E-state index is -1.60. The molecule has 0 saturated heterocycles. The second-order valence-electron chi connectivity index (χ2n) is 3.23. The molecule has 0 spiro atoms. The van der Waals surface area contributed by atoms with Gasteiger partial charge in [0.25, 0.3) is 0 Å². The van der Waals surface area contributed by atoms with Gasteiger partial charge in [0.1, 0.15) is 0 Å². The van der Waals surface area contributed by atoms with Crippen LogP contribution in [0.3, 0.4) is 0 Å². The standard InChI is InChI=1S/C7H12GeO/c1-8(2,3)7-5-4-6-9-7/h4-6H,1-3H3. The van der Waals surface area contributed by atoms with E-state index >= 15 is 0 Å². The molecule has 0 bridgehead atoms. The van der Waals surface area contributed by atoms with E-state index < -0.39 is 13.3 Å². The Morgan fingerprint density at radius 2 is 2.00 bits per heavy atom. The maximum absolute atomic E-state index is 5.28. The van der Waals surface area contributed by atoms with Gasteiger partial charge in [-0.1, -0.05) is 0 Å². The minimum absolute atomic E-state index is 1.23. The summed E-state index contributed by atoms with van der Waals surface area (Å²) in [4.78, 5) is 0. The molecule has 9 heavy (non-hydrogen) atoms. The van der Waals surface area contributed by atoms with Crippen molar-refractivity contribution in [3.63, 3.8) is 0 Å². The van der Waals surface area contributed by atoms with Crippen molar-refractivity contribution < 1.29 is 4.42 Å². The van der Waals surface area contributed by atoms with Gasteiger partial charge in [-0.3, -0.25) is 0 Å². The molecule has 0 radical (unpaired) electrons. The molecular formula is C7H12GeO. The SMILES string of the molecule is [CH3][Ge]([CH3])([CH3])[c]1ccco1. The summed E-state index contributed by atoms with van der Waals surface area (Å²) in [5.41, 5.74) is 0. The van der Waals surface area contributed by atoms with Crippen molar-refractivity contribution in [2.75, 3.05) is 0 Å². The van der Waals surface area contributed by atoms with Crippen LogP contribution >= 0.6 is 0 Å². The second kappa shape index (κ2) is 2.21. The van der Waals surface area contributed by atoms with Gasteiger partial charge < -0.3 is 0 Å². The van der Waals surface area contributed by atoms with Crippen LogP contribution in [0.1, 0.15) is 0 Å². The van der Waals surface area contributed by atoms with Crippen molar-refractivity contribution in [3.05, 3.63) is 18.4 Å². The van der Waals surface area contributed by atoms with Crippen LogP contribution in [-0.2, 0) is 0 Å². The molecule has 0 aliphatic heterocycles. The third kappa shape index (κ3) is 1.61. The van der Waals surface area contributed by atoms with Crippen LogP contribution < -0.4 is 4.59 Å². The summed E-state index contributed by atoms with van der Waals surface area (Å²) in [6.45, 7) is 0. The quantitative estimate of drug-likeness (QED) is 0.608. The Hall–Kier alpha value is -0.177. The first-order valence-electron chi connectivity index (χ1n) is 3.15. The zero-order chi connectivity index (χ0) is 6.91. The molecule has 50 valence electrons. The van der Waals surface area contributed by atoms with E-state index in [1.54, 1.807) is 6.26 Å². The summed E-state index contributed by atoms with van der Waals surface area (Å²) in [5.74, 6) is 6.95. The third-order valence-corrected chi connectivity index (χ3v) is 4.96. The van der Waals surface area contributed by atoms with E-state index in [-0.39, 0.29) is 0 Å². The average Bonchev–Trinajstić information content (AvgIpc) is 2.08.